The van der Waals surface area contributed by atoms with E-state index in [2.05, 4.69) is 48.2 Å². The number of carbonyl (C=O) groups is 1. The number of nitriles is 1. The molecule has 2 aromatic rings. The molecule has 9 heteroatoms. The van der Waals surface area contributed by atoms with Crippen LogP contribution < -0.4 is 10.4 Å². The van der Waals surface area contributed by atoms with Crippen molar-refractivity contribution in [1.29, 1.82) is 5.26 Å². The number of halogens is 1. The maximum Gasteiger partial charge on any atom is 0.269 e. The average molecular weight is 486 g/mol. The number of rotatable bonds is 7. The van der Waals surface area contributed by atoms with Gasteiger partial charge < -0.3 is 4.90 Å². The number of piperazine rings is 1. The molecule has 8 nitrogen and oxygen atoms in total. The van der Waals surface area contributed by atoms with Crippen LogP contribution in [0.3, 0.4) is 0 Å². The van der Waals surface area contributed by atoms with Crippen molar-refractivity contribution in [1.82, 2.24) is 25.2 Å². The lowest BCUT2D eigenvalue weighted by atomic mass is 10.1. The number of likely N-dealkylation sites (N-methyl/N-ethyl adjacent to an activating group) is 1. The van der Waals surface area contributed by atoms with Crippen LogP contribution in [-0.2, 0) is 6.54 Å². The molecule has 2 heterocycles. The fourth-order valence-electron chi connectivity index (χ4n) is 3.36. The second-order valence-electron chi connectivity index (χ2n) is 8.20. The third kappa shape index (κ3) is 6.47. The molecule has 0 saturated carbocycles. The van der Waals surface area contributed by atoms with Gasteiger partial charge in [-0.1, -0.05) is 26.0 Å². The Morgan fingerprint density at radius 2 is 1.94 bits per heavy atom. The van der Waals surface area contributed by atoms with Gasteiger partial charge in [-0.05, 0) is 46.6 Å². The number of amides is 1. The minimum Gasteiger partial charge on any atom is -0.304 e. The smallest absolute Gasteiger partial charge is 0.269 e. The number of nitrogens with one attached hydrogen (secondary N) is 1. The van der Waals surface area contributed by atoms with Gasteiger partial charge in [0, 0.05) is 51.0 Å². The summed E-state index contributed by atoms with van der Waals surface area (Å²) in [6.45, 7) is 9.80. The van der Waals surface area contributed by atoms with Crippen molar-refractivity contribution in [2.75, 3.05) is 44.8 Å². The predicted octanol–water partition coefficient (Wildman–Crippen LogP) is 2.67. The number of nitrogens with zero attached hydrogens (tertiary/aromatic N) is 6. The molecule has 1 saturated heterocycles. The Morgan fingerprint density at radius 3 is 2.55 bits per heavy atom. The fourth-order valence-corrected chi connectivity index (χ4v) is 3.77. The van der Waals surface area contributed by atoms with E-state index < -0.39 is 0 Å². The van der Waals surface area contributed by atoms with Crippen molar-refractivity contribution in [3.8, 4) is 6.07 Å². The molecule has 1 aromatic carbocycles. The summed E-state index contributed by atoms with van der Waals surface area (Å²) >= 11 is 3.42. The first-order valence-electron chi connectivity index (χ1n) is 10.4. The predicted molar refractivity (Wildman–Crippen MR) is 123 cm³/mol. The summed E-state index contributed by atoms with van der Waals surface area (Å²) in [5.74, 6) is 0.546. The van der Waals surface area contributed by atoms with Gasteiger partial charge in [-0.15, -0.1) is 0 Å². The van der Waals surface area contributed by atoms with E-state index in [1.54, 1.807) is 5.01 Å². The maximum absolute atomic E-state index is 12.9. The fraction of sp³-hybridized carbons (Fsp3) is 0.455. The Hall–Kier alpha value is -2.54. The molecule has 1 fully saturated rings. The number of anilines is 1. The topological polar surface area (TPSA) is 88.4 Å². The summed E-state index contributed by atoms with van der Waals surface area (Å²) in [7, 11) is 2.15. The highest BCUT2D eigenvalue weighted by molar-refractivity contribution is 9.10. The Balaban J connectivity index is 1.69. The molecule has 1 amide bonds. The van der Waals surface area contributed by atoms with Gasteiger partial charge in [0.05, 0.1) is 4.47 Å². The lowest BCUT2D eigenvalue weighted by molar-refractivity contribution is 0.0947. The number of aromatic nitrogens is 2. The molecule has 1 N–H and O–H groups in total. The number of hydrogen-bond acceptors (Lipinski definition) is 7. The van der Waals surface area contributed by atoms with E-state index in [-0.39, 0.29) is 17.6 Å². The van der Waals surface area contributed by atoms with Crippen LogP contribution in [0.4, 0.5) is 5.82 Å². The Morgan fingerprint density at radius 1 is 1.26 bits per heavy atom. The van der Waals surface area contributed by atoms with Gasteiger partial charge in [-0.2, -0.15) is 10.2 Å². The largest absolute Gasteiger partial charge is 0.304 e. The SMILES string of the molecule is CC(C)CN(NC(=O)c1ccc(CN2CCN(C)CC2)cc1)c1nc(C#N)ncc1Br. The molecular weight excluding hydrogens is 458 g/mol. The van der Waals surface area contributed by atoms with Crippen molar-refractivity contribution in [3.05, 3.63) is 51.9 Å². The van der Waals surface area contributed by atoms with E-state index in [9.17, 15) is 4.79 Å². The van der Waals surface area contributed by atoms with Gasteiger partial charge in [0.1, 0.15) is 6.07 Å². The van der Waals surface area contributed by atoms with Crippen molar-refractivity contribution in [2.45, 2.75) is 20.4 Å². The lowest BCUT2D eigenvalue weighted by Crippen LogP contribution is -2.45. The maximum atomic E-state index is 12.9. The molecule has 0 aliphatic carbocycles. The first-order valence-corrected chi connectivity index (χ1v) is 11.2. The van der Waals surface area contributed by atoms with Crippen molar-refractivity contribution in [2.24, 2.45) is 5.92 Å². The van der Waals surface area contributed by atoms with Crippen LogP contribution in [-0.4, -0.2) is 65.4 Å². The van der Waals surface area contributed by atoms with Crippen molar-refractivity contribution in [3.63, 3.8) is 0 Å². The number of benzene rings is 1. The molecule has 1 aliphatic rings. The normalized spacial score (nSPS) is 15.0. The monoisotopic (exact) mass is 485 g/mol. The van der Waals surface area contributed by atoms with Crippen LogP contribution in [0.5, 0.6) is 0 Å². The molecule has 0 bridgehead atoms. The Bertz CT molecular complexity index is 934. The molecule has 0 unspecified atom stereocenters. The quantitative estimate of drug-likeness (QED) is 0.602. The zero-order valence-corrected chi connectivity index (χ0v) is 19.8. The van der Waals surface area contributed by atoms with E-state index in [1.807, 2.05) is 44.2 Å². The van der Waals surface area contributed by atoms with Gasteiger partial charge in [-0.25, -0.2) is 4.98 Å². The molecule has 1 aliphatic heterocycles. The van der Waals surface area contributed by atoms with E-state index in [1.165, 1.54) is 11.8 Å². The van der Waals surface area contributed by atoms with Crippen LogP contribution in [0.2, 0.25) is 0 Å². The third-order valence-corrected chi connectivity index (χ3v) is 5.64. The van der Waals surface area contributed by atoms with E-state index in [0.29, 0.717) is 22.4 Å². The molecule has 0 spiro atoms. The Kier molecular flexibility index (Phi) is 7.96. The first kappa shape index (κ1) is 23.1. The standard InChI is InChI=1S/C22H28BrN7O/c1-16(2)14-30(21-19(23)13-25-20(12-24)26-21)27-22(31)18-6-4-17(5-7-18)15-29-10-8-28(3)9-11-29/h4-7,13,16H,8-11,14-15H2,1-3H3,(H,27,31). The zero-order valence-electron chi connectivity index (χ0n) is 18.2. The van der Waals surface area contributed by atoms with Gasteiger partial charge >= 0.3 is 0 Å². The number of hydrazine groups is 1. The molecule has 3 rings (SSSR count). The van der Waals surface area contributed by atoms with Gasteiger partial charge in [0.2, 0.25) is 5.82 Å². The van der Waals surface area contributed by atoms with E-state index >= 15 is 0 Å². The van der Waals surface area contributed by atoms with Crippen LogP contribution in [0.25, 0.3) is 0 Å². The second kappa shape index (κ2) is 10.7. The summed E-state index contributed by atoms with van der Waals surface area (Å²) in [5.41, 5.74) is 4.69. The summed E-state index contributed by atoms with van der Waals surface area (Å²) in [6.07, 6.45) is 1.52. The highest BCUT2D eigenvalue weighted by atomic mass is 79.9. The summed E-state index contributed by atoms with van der Waals surface area (Å²) in [5, 5.41) is 10.8. The molecular formula is C22H28BrN7O. The molecule has 31 heavy (non-hydrogen) atoms. The van der Waals surface area contributed by atoms with Crippen LogP contribution in [0.1, 0.15) is 35.6 Å². The van der Waals surface area contributed by atoms with E-state index in [4.69, 9.17) is 5.26 Å². The highest BCUT2D eigenvalue weighted by Gasteiger charge is 2.19. The van der Waals surface area contributed by atoms with E-state index in [0.717, 1.165) is 32.7 Å². The molecule has 164 valence electrons. The van der Waals surface area contributed by atoms with Crippen molar-refractivity contribution >= 4 is 27.7 Å². The van der Waals surface area contributed by atoms with Gasteiger partial charge in [0.25, 0.3) is 5.91 Å². The summed E-state index contributed by atoms with van der Waals surface area (Å²) < 4.78 is 0.606. The van der Waals surface area contributed by atoms with Crippen LogP contribution in [0, 0.1) is 17.2 Å². The zero-order chi connectivity index (χ0) is 22.4. The molecule has 0 radical (unpaired) electrons. The Labute approximate surface area is 192 Å². The minimum absolute atomic E-state index is 0.0504. The first-order chi connectivity index (χ1) is 14.9. The van der Waals surface area contributed by atoms with Gasteiger partial charge in [-0.3, -0.25) is 20.1 Å². The second-order valence-corrected chi connectivity index (χ2v) is 9.05. The summed E-state index contributed by atoms with van der Waals surface area (Å²) in [6, 6.07) is 9.66. The van der Waals surface area contributed by atoms with Gasteiger partial charge in [0.15, 0.2) is 5.82 Å². The molecule has 1 aromatic heterocycles. The van der Waals surface area contributed by atoms with Crippen molar-refractivity contribution < 1.29 is 4.79 Å². The minimum atomic E-state index is -0.226. The molecule has 0 atom stereocenters. The highest BCUT2D eigenvalue weighted by Crippen LogP contribution is 2.23. The summed E-state index contributed by atoms with van der Waals surface area (Å²) in [4.78, 5) is 25.9. The third-order valence-electron chi connectivity index (χ3n) is 5.08. The van der Waals surface area contributed by atoms with Crippen LogP contribution in [0.15, 0.2) is 34.9 Å². The average Bonchev–Trinajstić information content (AvgIpc) is 2.75. The number of hydrogen-bond donors (Lipinski definition) is 1. The number of carbonyl (C=O) groups excluding carboxylic acids is 1. The lowest BCUT2D eigenvalue weighted by Gasteiger charge is -2.32. The van der Waals surface area contributed by atoms with Crippen LogP contribution >= 0.6 is 15.9 Å².